The van der Waals surface area contributed by atoms with Crippen molar-refractivity contribution in [3.8, 4) is 0 Å². The molecule has 0 bridgehead atoms. The van der Waals surface area contributed by atoms with Gasteiger partial charge < -0.3 is 0 Å². The summed E-state index contributed by atoms with van der Waals surface area (Å²) < 4.78 is 0.683. The van der Waals surface area contributed by atoms with Crippen molar-refractivity contribution in [1.82, 2.24) is 0 Å². The number of ketones is 2. The van der Waals surface area contributed by atoms with Crippen molar-refractivity contribution < 1.29 is 9.59 Å². The topological polar surface area (TPSA) is 34.1 Å². The molecule has 0 amide bonds. The van der Waals surface area contributed by atoms with Gasteiger partial charge in [-0.3, -0.25) is 9.59 Å². The van der Waals surface area contributed by atoms with E-state index in [0.717, 1.165) is 0 Å². The minimum atomic E-state index is 0.0533. The van der Waals surface area contributed by atoms with Crippen LogP contribution in [0.5, 0.6) is 0 Å². The smallest absolute Gasteiger partial charge is 0.145 e. The molecular weight excluding hydrogens is 260 g/mol. The Morgan fingerprint density at radius 3 is 1.50 bits per heavy atom. The van der Waals surface area contributed by atoms with E-state index < -0.39 is 0 Å². The van der Waals surface area contributed by atoms with Gasteiger partial charge in [0.25, 0.3) is 0 Å². The van der Waals surface area contributed by atoms with Crippen LogP contribution in [0.2, 0.25) is 0 Å². The number of thioether (sulfide) groups is 2. The lowest BCUT2D eigenvalue weighted by Crippen LogP contribution is -2.12. The number of thiocarbonyl (C=S) groups is 1. The summed E-state index contributed by atoms with van der Waals surface area (Å²) in [6.45, 7) is 7.51. The molecule has 5 heteroatoms. The molecule has 92 valence electrons. The Morgan fingerprint density at radius 2 is 1.25 bits per heavy atom. The Kier molecular flexibility index (Phi) is 8.32. The number of rotatable bonds is 6. The van der Waals surface area contributed by atoms with E-state index in [4.69, 9.17) is 12.2 Å². The van der Waals surface area contributed by atoms with Crippen LogP contribution in [0.4, 0.5) is 0 Å². The van der Waals surface area contributed by atoms with E-state index in [2.05, 4.69) is 0 Å². The Morgan fingerprint density at radius 1 is 0.938 bits per heavy atom. The first kappa shape index (κ1) is 16.1. The van der Waals surface area contributed by atoms with Crippen LogP contribution in [-0.2, 0) is 9.59 Å². The first-order valence-corrected chi connectivity index (χ1v) is 7.57. The van der Waals surface area contributed by atoms with Crippen molar-refractivity contribution in [2.45, 2.75) is 27.7 Å². The quantitative estimate of drug-likeness (QED) is 0.697. The summed E-state index contributed by atoms with van der Waals surface area (Å²) in [5, 5.41) is 0. The van der Waals surface area contributed by atoms with Crippen molar-refractivity contribution in [1.29, 1.82) is 0 Å². The highest BCUT2D eigenvalue weighted by Gasteiger charge is 2.12. The van der Waals surface area contributed by atoms with Crippen LogP contribution in [0.25, 0.3) is 0 Å². The Bertz CT molecular complexity index is 246. The van der Waals surface area contributed by atoms with Gasteiger partial charge in [-0.05, 0) is 0 Å². The van der Waals surface area contributed by atoms with Crippen LogP contribution in [0.15, 0.2) is 0 Å². The van der Waals surface area contributed by atoms with Crippen molar-refractivity contribution in [3.05, 3.63) is 0 Å². The van der Waals surface area contributed by atoms with Crippen LogP contribution in [0.1, 0.15) is 27.7 Å². The molecule has 0 aromatic heterocycles. The van der Waals surface area contributed by atoms with Gasteiger partial charge in [-0.2, -0.15) is 0 Å². The molecule has 0 saturated carbocycles. The standard InChI is InChI=1S/C11H18O2S3/c1-7(2)9(12)5-15-11(14)16-6-10(13)8(3)4/h7-8H,5-6H2,1-4H3. The van der Waals surface area contributed by atoms with Gasteiger partial charge in [-0.25, -0.2) is 0 Å². The predicted octanol–water partition coefficient (Wildman–Crippen LogP) is 3.19. The summed E-state index contributed by atoms with van der Waals surface area (Å²) in [5.41, 5.74) is 0. The zero-order chi connectivity index (χ0) is 12.7. The maximum atomic E-state index is 11.3. The van der Waals surface area contributed by atoms with Gasteiger partial charge >= 0.3 is 0 Å². The number of Topliss-reactive ketones (excluding diaryl/α,β-unsaturated/α-hetero) is 2. The fraction of sp³-hybridized carbons (Fsp3) is 0.727. The number of carbonyl (C=O) groups excluding carboxylic acids is 2. The molecule has 0 atom stereocenters. The summed E-state index contributed by atoms with van der Waals surface area (Å²) in [7, 11) is 0. The van der Waals surface area contributed by atoms with E-state index >= 15 is 0 Å². The zero-order valence-electron chi connectivity index (χ0n) is 10.1. The van der Waals surface area contributed by atoms with Crippen LogP contribution >= 0.6 is 35.7 Å². The Balaban J connectivity index is 3.76. The van der Waals surface area contributed by atoms with E-state index in [0.29, 0.717) is 15.0 Å². The van der Waals surface area contributed by atoms with Crippen LogP contribution in [0.3, 0.4) is 0 Å². The second-order valence-corrected chi connectivity index (χ2v) is 7.22. The molecular formula is C11H18O2S3. The van der Waals surface area contributed by atoms with E-state index in [1.807, 2.05) is 27.7 Å². The lowest BCUT2D eigenvalue weighted by molar-refractivity contribution is -0.120. The highest BCUT2D eigenvalue weighted by atomic mass is 32.2. The minimum absolute atomic E-state index is 0.0533. The first-order valence-electron chi connectivity index (χ1n) is 5.19. The molecule has 0 aromatic rings. The van der Waals surface area contributed by atoms with Crippen molar-refractivity contribution in [2.24, 2.45) is 11.8 Å². The maximum absolute atomic E-state index is 11.3. The Labute approximate surface area is 111 Å². The summed E-state index contributed by atoms with van der Waals surface area (Å²) >= 11 is 7.80. The Hall–Kier alpha value is 0.130. The van der Waals surface area contributed by atoms with Crippen molar-refractivity contribution in [2.75, 3.05) is 11.5 Å². The highest BCUT2D eigenvalue weighted by molar-refractivity contribution is 8.47. The van der Waals surface area contributed by atoms with Crippen LogP contribution in [-0.4, -0.2) is 26.6 Å². The van der Waals surface area contributed by atoms with E-state index in [9.17, 15) is 9.59 Å². The SMILES string of the molecule is CC(C)C(=O)CSC(=S)SCC(=O)C(C)C. The minimum Gasteiger partial charge on any atom is -0.298 e. The molecule has 16 heavy (non-hydrogen) atoms. The second-order valence-electron chi connectivity index (χ2n) is 4.07. The van der Waals surface area contributed by atoms with Gasteiger partial charge in [0.05, 0.1) is 11.5 Å². The molecule has 0 spiro atoms. The van der Waals surface area contributed by atoms with Gasteiger partial charge in [0.2, 0.25) is 0 Å². The molecule has 0 fully saturated rings. The third-order valence-corrected chi connectivity index (χ3v) is 4.70. The van der Waals surface area contributed by atoms with Gasteiger partial charge in [-0.15, -0.1) is 0 Å². The van der Waals surface area contributed by atoms with Crippen LogP contribution in [0, 0.1) is 11.8 Å². The number of carbonyl (C=O) groups is 2. The van der Waals surface area contributed by atoms with E-state index in [1.54, 1.807) is 0 Å². The summed E-state index contributed by atoms with van der Waals surface area (Å²) in [4.78, 5) is 22.7. The summed E-state index contributed by atoms with van der Waals surface area (Å²) in [5.74, 6) is 1.33. The number of hydrogen-bond acceptors (Lipinski definition) is 5. The van der Waals surface area contributed by atoms with Crippen molar-refractivity contribution in [3.63, 3.8) is 0 Å². The van der Waals surface area contributed by atoms with Gasteiger partial charge in [0, 0.05) is 11.8 Å². The first-order chi connectivity index (χ1) is 7.34. The fourth-order valence-electron chi connectivity index (χ4n) is 0.635. The third-order valence-electron chi connectivity index (χ3n) is 1.95. The number of hydrogen-bond donors (Lipinski definition) is 0. The molecule has 2 nitrogen and oxygen atoms in total. The summed E-state index contributed by atoms with van der Waals surface area (Å²) in [6, 6.07) is 0. The van der Waals surface area contributed by atoms with Gasteiger partial charge in [0.1, 0.15) is 15.1 Å². The fourth-order valence-corrected chi connectivity index (χ4v) is 2.86. The molecule has 0 heterocycles. The molecule has 0 aromatic carbocycles. The maximum Gasteiger partial charge on any atom is 0.145 e. The summed E-state index contributed by atoms with van der Waals surface area (Å²) in [6.07, 6.45) is 0. The molecule has 0 radical (unpaired) electrons. The molecule has 0 aliphatic heterocycles. The highest BCUT2D eigenvalue weighted by Crippen LogP contribution is 2.19. The molecule has 0 unspecified atom stereocenters. The monoisotopic (exact) mass is 278 g/mol. The van der Waals surface area contributed by atoms with Crippen LogP contribution < -0.4 is 0 Å². The van der Waals surface area contributed by atoms with E-state index in [-0.39, 0.29) is 23.4 Å². The molecule has 0 N–H and O–H groups in total. The van der Waals surface area contributed by atoms with Crippen molar-refractivity contribution >= 4 is 50.8 Å². The van der Waals surface area contributed by atoms with E-state index in [1.165, 1.54) is 23.5 Å². The average molecular weight is 278 g/mol. The third kappa shape index (κ3) is 7.41. The second kappa shape index (κ2) is 8.25. The molecule has 0 saturated heterocycles. The molecule has 0 aliphatic carbocycles. The molecule has 0 aliphatic rings. The predicted molar refractivity (Wildman–Crippen MR) is 77.2 cm³/mol. The average Bonchev–Trinajstić information content (AvgIpc) is 2.21. The normalized spacial score (nSPS) is 10.9. The zero-order valence-corrected chi connectivity index (χ0v) is 12.6. The lowest BCUT2D eigenvalue weighted by atomic mass is 10.1. The lowest BCUT2D eigenvalue weighted by Gasteiger charge is -2.06. The largest absolute Gasteiger partial charge is 0.298 e. The van der Waals surface area contributed by atoms with Gasteiger partial charge in [0.15, 0.2) is 0 Å². The van der Waals surface area contributed by atoms with Gasteiger partial charge in [-0.1, -0.05) is 63.4 Å². The molecule has 0 rings (SSSR count).